The predicted molar refractivity (Wildman–Crippen MR) is 101 cm³/mol. The molecular weight excluding hydrogens is 334 g/mol. The fourth-order valence-corrected chi connectivity index (χ4v) is 2.97. The lowest BCUT2D eigenvalue weighted by Gasteiger charge is -2.17. The highest BCUT2D eigenvalue weighted by atomic mass is 16.5. The van der Waals surface area contributed by atoms with E-state index in [1.165, 1.54) is 0 Å². The summed E-state index contributed by atoms with van der Waals surface area (Å²) in [5.41, 5.74) is 6.46. The average Bonchev–Trinajstić information content (AvgIpc) is 2.96. The zero-order chi connectivity index (χ0) is 18.7. The molecule has 1 aromatic carbocycles. The number of hydrogen-bond donors (Lipinski definition) is 3. The second-order valence-electron chi connectivity index (χ2n) is 6.29. The van der Waals surface area contributed by atoms with Crippen LogP contribution in [0.15, 0.2) is 29.4 Å². The molecule has 1 amide bonds. The first-order valence-corrected chi connectivity index (χ1v) is 8.40. The molecule has 4 N–H and O–H groups in total. The van der Waals surface area contributed by atoms with Crippen LogP contribution in [0.3, 0.4) is 0 Å². The van der Waals surface area contributed by atoms with Gasteiger partial charge in [-0.25, -0.2) is 4.98 Å². The third-order valence-electron chi connectivity index (χ3n) is 4.49. The van der Waals surface area contributed by atoms with Crippen molar-refractivity contribution in [1.82, 2.24) is 10.3 Å². The number of ether oxygens (including phenoxy) is 2. The Morgan fingerprint density at radius 3 is 2.96 bits per heavy atom. The molecule has 1 fully saturated rings. The fraction of sp³-hybridized carbons (Fsp3) is 0.389. The van der Waals surface area contributed by atoms with Gasteiger partial charge >= 0.3 is 0 Å². The van der Waals surface area contributed by atoms with Crippen molar-refractivity contribution in [3.05, 3.63) is 24.4 Å². The highest BCUT2D eigenvalue weighted by molar-refractivity contribution is 5.98. The van der Waals surface area contributed by atoms with E-state index >= 15 is 0 Å². The quantitative estimate of drug-likeness (QED) is 0.552. The highest BCUT2D eigenvalue weighted by Gasteiger charge is 2.29. The van der Waals surface area contributed by atoms with Crippen LogP contribution in [0.5, 0.6) is 11.6 Å². The van der Waals surface area contributed by atoms with E-state index in [4.69, 9.17) is 15.2 Å². The second kappa shape index (κ2) is 7.47. The minimum Gasteiger partial charge on any atom is -0.495 e. The Kier molecular flexibility index (Phi) is 5.11. The van der Waals surface area contributed by atoms with Crippen molar-refractivity contribution < 1.29 is 14.3 Å². The van der Waals surface area contributed by atoms with Crippen molar-refractivity contribution in [2.24, 2.45) is 16.6 Å². The van der Waals surface area contributed by atoms with E-state index in [2.05, 4.69) is 20.6 Å². The number of guanidine groups is 1. The molecule has 1 unspecified atom stereocenters. The Balaban J connectivity index is 1.88. The molecule has 0 radical (unpaired) electrons. The smallest absolute Gasteiger partial charge is 0.221 e. The number of hydrogen-bond acceptors (Lipinski definition) is 5. The summed E-state index contributed by atoms with van der Waals surface area (Å²) >= 11 is 0. The molecule has 0 saturated carbocycles. The average molecular weight is 357 g/mol. The first kappa shape index (κ1) is 17.8. The van der Waals surface area contributed by atoms with Gasteiger partial charge in [0.1, 0.15) is 12.4 Å². The number of nitrogens with zero attached hydrogens (tertiary/aromatic N) is 2. The summed E-state index contributed by atoms with van der Waals surface area (Å²) in [6.07, 6.45) is 2.21. The number of fused-ring (bicyclic) bond motifs is 1. The van der Waals surface area contributed by atoms with E-state index in [9.17, 15) is 4.79 Å². The van der Waals surface area contributed by atoms with Crippen molar-refractivity contribution in [2.45, 2.75) is 19.4 Å². The molecule has 3 rings (SSSR count). The van der Waals surface area contributed by atoms with Crippen molar-refractivity contribution >= 4 is 28.3 Å². The lowest BCUT2D eigenvalue weighted by Crippen LogP contribution is -2.34. The van der Waals surface area contributed by atoms with Gasteiger partial charge in [0.05, 0.1) is 18.8 Å². The molecule has 2 atom stereocenters. The predicted octanol–water partition coefficient (Wildman–Crippen LogP) is 1.50. The molecule has 1 saturated heterocycles. The Morgan fingerprint density at radius 1 is 1.50 bits per heavy atom. The molecular formula is C18H23N5O3. The number of nitrogens with one attached hydrogen (secondary N) is 2. The van der Waals surface area contributed by atoms with Crippen LogP contribution in [0.4, 0.5) is 5.69 Å². The van der Waals surface area contributed by atoms with E-state index in [1.807, 2.05) is 25.1 Å². The zero-order valence-electron chi connectivity index (χ0n) is 15.1. The third kappa shape index (κ3) is 3.63. The molecule has 8 heteroatoms. The molecule has 138 valence electrons. The van der Waals surface area contributed by atoms with Gasteiger partial charge in [-0.2, -0.15) is 0 Å². The van der Waals surface area contributed by atoms with Gasteiger partial charge in [0, 0.05) is 25.1 Å². The van der Waals surface area contributed by atoms with Crippen molar-refractivity contribution in [3.8, 4) is 11.6 Å². The number of amides is 1. The van der Waals surface area contributed by atoms with Gasteiger partial charge in [0.15, 0.2) is 5.96 Å². The Morgan fingerprint density at radius 2 is 2.31 bits per heavy atom. The van der Waals surface area contributed by atoms with Crippen molar-refractivity contribution in [2.75, 3.05) is 26.1 Å². The Bertz CT molecular complexity index is 852. The summed E-state index contributed by atoms with van der Waals surface area (Å²) in [6.45, 7) is 2.40. The standard InChI is InChI=1S/C18H23N5O3/c1-10-6-16(24)22-14(10)9-26-17-12-8-15(25-3)13(23-18(19)20-2)7-11(12)4-5-21-17/h4-5,7-8,10,14H,6,9H2,1-3H3,(H,22,24)(H3,19,20,23)/t10?,14-/m1/s1. The SMILES string of the molecule is C/N=C(\N)Nc1cc2ccnc(OC[C@H]3NC(=O)CC3C)c2cc1OC. The van der Waals surface area contributed by atoms with E-state index < -0.39 is 0 Å². The van der Waals surface area contributed by atoms with Gasteiger partial charge < -0.3 is 25.8 Å². The molecule has 0 bridgehead atoms. The maximum absolute atomic E-state index is 11.5. The zero-order valence-corrected chi connectivity index (χ0v) is 15.1. The van der Waals surface area contributed by atoms with Crippen molar-refractivity contribution in [3.63, 3.8) is 0 Å². The molecule has 1 aromatic heterocycles. The number of anilines is 1. The monoisotopic (exact) mass is 357 g/mol. The second-order valence-corrected chi connectivity index (χ2v) is 6.29. The third-order valence-corrected chi connectivity index (χ3v) is 4.49. The van der Waals surface area contributed by atoms with Crippen LogP contribution in [-0.4, -0.2) is 43.7 Å². The number of carbonyl (C=O) groups excluding carboxylic acids is 1. The van der Waals surface area contributed by atoms with E-state index in [0.717, 1.165) is 10.8 Å². The maximum Gasteiger partial charge on any atom is 0.221 e. The topological polar surface area (TPSA) is 111 Å². The summed E-state index contributed by atoms with van der Waals surface area (Å²) in [5.74, 6) is 1.69. The van der Waals surface area contributed by atoms with Gasteiger partial charge in [0.25, 0.3) is 0 Å². The first-order chi connectivity index (χ1) is 12.5. The van der Waals surface area contributed by atoms with Crippen LogP contribution in [0, 0.1) is 5.92 Å². The van der Waals surface area contributed by atoms with Crippen LogP contribution in [0.2, 0.25) is 0 Å². The van der Waals surface area contributed by atoms with E-state index in [-0.39, 0.29) is 17.9 Å². The lowest BCUT2D eigenvalue weighted by atomic mass is 10.0. The molecule has 1 aliphatic rings. The number of aromatic nitrogens is 1. The summed E-state index contributed by atoms with van der Waals surface area (Å²) in [7, 11) is 3.19. The summed E-state index contributed by atoms with van der Waals surface area (Å²) in [4.78, 5) is 19.7. The molecule has 0 spiro atoms. The van der Waals surface area contributed by atoms with Crippen LogP contribution in [0.25, 0.3) is 10.8 Å². The minimum absolute atomic E-state index is 0.0112. The van der Waals surface area contributed by atoms with Gasteiger partial charge in [-0.05, 0) is 29.5 Å². The van der Waals surface area contributed by atoms with Crippen LogP contribution >= 0.6 is 0 Å². The number of carbonyl (C=O) groups is 1. The van der Waals surface area contributed by atoms with Crippen LogP contribution in [0.1, 0.15) is 13.3 Å². The number of pyridine rings is 1. The van der Waals surface area contributed by atoms with Gasteiger partial charge in [0.2, 0.25) is 11.8 Å². The molecule has 8 nitrogen and oxygen atoms in total. The number of methoxy groups -OCH3 is 1. The fourth-order valence-electron chi connectivity index (χ4n) is 2.97. The van der Waals surface area contributed by atoms with E-state index in [1.54, 1.807) is 20.4 Å². The minimum atomic E-state index is -0.0112. The molecule has 0 aliphatic carbocycles. The lowest BCUT2D eigenvalue weighted by molar-refractivity contribution is -0.119. The summed E-state index contributed by atoms with van der Waals surface area (Å²) in [6, 6.07) is 5.62. The van der Waals surface area contributed by atoms with Gasteiger partial charge in [-0.1, -0.05) is 6.92 Å². The molecule has 2 aromatic rings. The number of aliphatic imine (C=N–C) groups is 1. The van der Waals surface area contributed by atoms with Crippen molar-refractivity contribution in [1.29, 1.82) is 0 Å². The largest absolute Gasteiger partial charge is 0.495 e. The van der Waals surface area contributed by atoms with E-state index in [0.29, 0.717) is 36.3 Å². The number of rotatable bonds is 5. The molecule has 2 heterocycles. The van der Waals surface area contributed by atoms with Crippen LogP contribution in [-0.2, 0) is 4.79 Å². The Labute approximate surface area is 151 Å². The Hall–Kier alpha value is -3.03. The maximum atomic E-state index is 11.5. The van der Waals surface area contributed by atoms with Crippen LogP contribution < -0.4 is 25.8 Å². The van der Waals surface area contributed by atoms with Gasteiger partial charge in [-0.15, -0.1) is 0 Å². The molecule has 26 heavy (non-hydrogen) atoms. The van der Waals surface area contributed by atoms with Gasteiger partial charge in [-0.3, -0.25) is 9.79 Å². The summed E-state index contributed by atoms with van der Waals surface area (Å²) in [5, 5.41) is 7.67. The number of benzene rings is 1. The first-order valence-electron chi connectivity index (χ1n) is 8.40. The number of nitrogens with two attached hydrogens (primary N) is 1. The normalized spacial score (nSPS) is 20.1. The summed E-state index contributed by atoms with van der Waals surface area (Å²) < 4.78 is 11.4. The highest BCUT2D eigenvalue weighted by Crippen LogP contribution is 2.34. The molecule has 1 aliphatic heterocycles.